The van der Waals surface area contributed by atoms with Gasteiger partial charge in [-0.2, -0.15) is 0 Å². The second-order valence-electron chi connectivity index (χ2n) is 1.74. The van der Waals surface area contributed by atoms with Crippen LogP contribution in [0, 0.1) is 0 Å². The van der Waals surface area contributed by atoms with Crippen molar-refractivity contribution in [1.29, 1.82) is 0 Å². The minimum atomic E-state index is -0.953. The highest BCUT2D eigenvalue weighted by Crippen LogP contribution is 2.01. The molecule has 0 aliphatic heterocycles. The molecule has 0 fully saturated rings. The van der Waals surface area contributed by atoms with E-state index in [0.717, 1.165) is 6.08 Å². The molecule has 0 radical (unpaired) electrons. The Morgan fingerprint density at radius 1 is 1.60 bits per heavy atom. The summed E-state index contributed by atoms with van der Waals surface area (Å²) in [5.41, 5.74) is 0. The Labute approximate surface area is 60.3 Å². The van der Waals surface area contributed by atoms with Gasteiger partial charge in [0.1, 0.15) is 5.76 Å². The van der Waals surface area contributed by atoms with Crippen molar-refractivity contribution in [1.82, 2.24) is 0 Å². The van der Waals surface area contributed by atoms with Crippen LogP contribution in [0.1, 0.15) is 20.3 Å². The predicted molar refractivity (Wildman–Crippen MR) is 37.6 cm³/mol. The Morgan fingerprint density at radius 3 is 2.50 bits per heavy atom. The quantitative estimate of drug-likeness (QED) is 0.479. The third-order valence-corrected chi connectivity index (χ3v) is 0.963. The first-order valence-electron chi connectivity index (χ1n) is 3.27. The van der Waals surface area contributed by atoms with E-state index in [2.05, 4.69) is 0 Å². The van der Waals surface area contributed by atoms with Crippen molar-refractivity contribution >= 4 is 5.97 Å². The lowest BCUT2D eigenvalue weighted by Gasteiger charge is -2.02. The number of aliphatic carboxylic acids is 1. The van der Waals surface area contributed by atoms with E-state index in [9.17, 15) is 4.79 Å². The number of ether oxygens (including phenoxy) is 1. The Bertz CT molecular complexity index is 138. The molecule has 1 N–H and O–H groups in total. The largest absolute Gasteiger partial charge is 0.498 e. The fourth-order valence-corrected chi connectivity index (χ4v) is 0.569. The van der Waals surface area contributed by atoms with Crippen LogP contribution < -0.4 is 0 Å². The van der Waals surface area contributed by atoms with Crippen LogP contribution in [0.3, 0.4) is 0 Å². The van der Waals surface area contributed by atoms with Gasteiger partial charge in [0.2, 0.25) is 0 Å². The molecule has 0 aromatic heterocycles. The van der Waals surface area contributed by atoms with Gasteiger partial charge in [-0.15, -0.1) is 0 Å². The second kappa shape index (κ2) is 4.85. The standard InChI is InChI=1S/C7H12O3/c1-3-6(10-4-2)5-7(8)9/h5H,3-4H2,1-2H3,(H,8,9). The summed E-state index contributed by atoms with van der Waals surface area (Å²) in [5, 5.41) is 8.29. The molecular formula is C7H12O3. The Balaban J connectivity index is 3.91. The van der Waals surface area contributed by atoms with Crippen LogP contribution in [0.5, 0.6) is 0 Å². The topological polar surface area (TPSA) is 46.5 Å². The van der Waals surface area contributed by atoms with E-state index in [1.165, 1.54) is 0 Å². The van der Waals surface area contributed by atoms with Crippen molar-refractivity contribution in [3.8, 4) is 0 Å². The number of carboxylic acids is 1. The molecular weight excluding hydrogens is 132 g/mol. The maximum absolute atomic E-state index is 10.1. The van der Waals surface area contributed by atoms with Gasteiger partial charge < -0.3 is 9.84 Å². The summed E-state index contributed by atoms with van der Waals surface area (Å²) >= 11 is 0. The zero-order valence-electron chi connectivity index (χ0n) is 6.26. The van der Waals surface area contributed by atoms with Crippen molar-refractivity contribution in [3.05, 3.63) is 11.8 Å². The molecule has 0 atom stereocenters. The van der Waals surface area contributed by atoms with Gasteiger partial charge in [0, 0.05) is 6.42 Å². The average molecular weight is 144 g/mol. The van der Waals surface area contributed by atoms with Crippen LogP contribution >= 0.6 is 0 Å². The number of carboxylic acid groups (broad SMARTS) is 1. The molecule has 0 rings (SSSR count). The van der Waals surface area contributed by atoms with Crippen molar-refractivity contribution in [3.63, 3.8) is 0 Å². The van der Waals surface area contributed by atoms with Gasteiger partial charge in [-0.3, -0.25) is 0 Å². The molecule has 0 aliphatic carbocycles. The summed E-state index contributed by atoms with van der Waals surface area (Å²) in [6, 6.07) is 0. The molecule has 0 bridgehead atoms. The maximum Gasteiger partial charge on any atom is 0.331 e. The fourth-order valence-electron chi connectivity index (χ4n) is 0.569. The van der Waals surface area contributed by atoms with Crippen molar-refractivity contribution in [2.75, 3.05) is 6.61 Å². The van der Waals surface area contributed by atoms with E-state index in [0.29, 0.717) is 18.8 Å². The zero-order chi connectivity index (χ0) is 7.98. The third-order valence-electron chi connectivity index (χ3n) is 0.963. The predicted octanol–water partition coefficient (Wildman–Crippen LogP) is 1.40. The summed E-state index contributed by atoms with van der Waals surface area (Å²) in [4.78, 5) is 10.1. The summed E-state index contributed by atoms with van der Waals surface area (Å²) < 4.78 is 4.98. The Hall–Kier alpha value is -0.990. The van der Waals surface area contributed by atoms with Crippen molar-refractivity contribution in [2.45, 2.75) is 20.3 Å². The molecule has 0 aromatic rings. The highest BCUT2D eigenvalue weighted by atomic mass is 16.5. The number of carbonyl (C=O) groups is 1. The first kappa shape index (κ1) is 9.01. The van der Waals surface area contributed by atoms with Gasteiger partial charge in [0.15, 0.2) is 0 Å². The van der Waals surface area contributed by atoms with Crippen LogP contribution in [-0.4, -0.2) is 17.7 Å². The first-order chi connectivity index (χ1) is 4.70. The number of hydrogen-bond donors (Lipinski definition) is 1. The van der Waals surface area contributed by atoms with Crippen LogP contribution in [0.2, 0.25) is 0 Å². The third kappa shape index (κ3) is 3.95. The highest BCUT2D eigenvalue weighted by Gasteiger charge is 1.96. The Kier molecular flexibility index (Phi) is 4.37. The normalized spacial score (nSPS) is 11.2. The van der Waals surface area contributed by atoms with Gasteiger partial charge in [-0.25, -0.2) is 4.79 Å². The zero-order valence-corrected chi connectivity index (χ0v) is 6.26. The molecule has 0 heterocycles. The summed E-state index contributed by atoms with van der Waals surface area (Å²) in [7, 11) is 0. The van der Waals surface area contributed by atoms with Gasteiger partial charge in [-0.1, -0.05) is 6.92 Å². The van der Waals surface area contributed by atoms with Crippen LogP contribution in [0.4, 0.5) is 0 Å². The van der Waals surface area contributed by atoms with Gasteiger partial charge in [0.25, 0.3) is 0 Å². The van der Waals surface area contributed by atoms with Crippen molar-refractivity contribution in [2.24, 2.45) is 0 Å². The lowest BCUT2D eigenvalue weighted by Crippen LogP contribution is -1.95. The van der Waals surface area contributed by atoms with Crippen molar-refractivity contribution < 1.29 is 14.6 Å². The molecule has 0 aliphatic rings. The Morgan fingerprint density at radius 2 is 2.20 bits per heavy atom. The number of hydrogen-bond acceptors (Lipinski definition) is 2. The molecule has 3 nitrogen and oxygen atoms in total. The molecule has 58 valence electrons. The molecule has 0 amide bonds. The molecule has 0 spiro atoms. The van der Waals surface area contributed by atoms with Gasteiger partial charge in [0.05, 0.1) is 12.7 Å². The number of rotatable bonds is 4. The lowest BCUT2D eigenvalue weighted by atomic mass is 10.3. The minimum Gasteiger partial charge on any atom is -0.498 e. The second-order valence-corrected chi connectivity index (χ2v) is 1.74. The van der Waals surface area contributed by atoms with Gasteiger partial charge >= 0.3 is 5.97 Å². The molecule has 0 unspecified atom stereocenters. The summed E-state index contributed by atoms with van der Waals surface area (Å²) in [6.45, 7) is 4.20. The average Bonchev–Trinajstić information content (AvgIpc) is 1.86. The summed E-state index contributed by atoms with van der Waals surface area (Å²) in [6.07, 6.45) is 1.71. The van der Waals surface area contributed by atoms with E-state index >= 15 is 0 Å². The van der Waals surface area contributed by atoms with Crippen LogP contribution in [0.15, 0.2) is 11.8 Å². The van der Waals surface area contributed by atoms with E-state index < -0.39 is 5.97 Å². The van der Waals surface area contributed by atoms with E-state index in [4.69, 9.17) is 9.84 Å². The smallest absolute Gasteiger partial charge is 0.331 e. The molecule has 0 saturated heterocycles. The van der Waals surface area contributed by atoms with E-state index in [1.54, 1.807) is 0 Å². The summed E-state index contributed by atoms with van der Waals surface area (Å²) in [5.74, 6) is -0.430. The van der Waals surface area contributed by atoms with Crippen LogP contribution in [0.25, 0.3) is 0 Å². The fraction of sp³-hybridized carbons (Fsp3) is 0.571. The molecule has 0 saturated carbocycles. The van der Waals surface area contributed by atoms with E-state index in [-0.39, 0.29) is 0 Å². The molecule has 3 heteroatoms. The number of allylic oxidation sites excluding steroid dienone is 1. The monoisotopic (exact) mass is 144 g/mol. The highest BCUT2D eigenvalue weighted by molar-refractivity contribution is 5.80. The first-order valence-corrected chi connectivity index (χ1v) is 3.27. The SMILES string of the molecule is CCOC(=CC(=O)O)CC. The lowest BCUT2D eigenvalue weighted by molar-refractivity contribution is -0.131. The van der Waals surface area contributed by atoms with Crippen LogP contribution in [-0.2, 0) is 9.53 Å². The van der Waals surface area contributed by atoms with Gasteiger partial charge in [-0.05, 0) is 6.92 Å². The maximum atomic E-state index is 10.1. The molecule has 10 heavy (non-hydrogen) atoms. The minimum absolute atomic E-state index is 0.521. The molecule has 0 aromatic carbocycles. The van der Waals surface area contributed by atoms with E-state index in [1.807, 2.05) is 13.8 Å².